The average molecular weight is 362 g/mol. The zero-order chi connectivity index (χ0) is 18.9. The molecule has 0 atom stereocenters. The summed E-state index contributed by atoms with van der Waals surface area (Å²) < 4.78 is 5.15. The predicted molar refractivity (Wildman–Crippen MR) is 106 cm³/mol. The van der Waals surface area contributed by atoms with Crippen molar-refractivity contribution in [1.29, 1.82) is 0 Å². The molecule has 0 aliphatic heterocycles. The van der Waals surface area contributed by atoms with Gasteiger partial charge in [-0.25, -0.2) is 9.97 Å². The Labute approximate surface area is 158 Å². The minimum absolute atomic E-state index is 0.265. The van der Waals surface area contributed by atoms with Gasteiger partial charge in [-0.2, -0.15) is 0 Å². The zero-order valence-electron chi connectivity index (χ0n) is 15.2. The van der Waals surface area contributed by atoms with E-state index in [9.17, 15) is 4.79 Å². The Bertz CT molecular complexity index is 867. The molecule has 1 heterocycles. The molecule has 6 nitrogen and oxygen atoms in total. The van der Waals surface area contributed by atoms with Gasteiger partial charge in [0.2, 0.25) is 5.95 Å². The molecule has 0 aliphatic carbocycles. The van der Waals surface area contributed by atoms with Gasteiger partial charge >= 0.3 is 0 Å². The monoisotopic (exact) mass is 362 g/mol. The van der Waals surface area contributed by atoms with Gasteiger partial charge in [0.15, 0.2) is 0 Å². The second-order valence-corrected chi connectivity index (χ2v) is 6.00. The molecule has 3 aromatic rings. The smallest absolute Gasteiger partial charge is 0.258 e. The van der Waals surface area contributed by atoms with Crippen LogP contribution in [0.1, 0.15) is 22.3 Å². The molecule has 27 heavy (non-hydrogen) atoms. The van der Waals surface area contributed by atoms with Crippen LogP contribution in [-0.2, 0) is 6.42 Å². The normalized spacial score (nSPS) is 10.3. The molecule has 6 heteroatoms. The summed E-state index contributed by atoms with van der Waals surface area (Å²) in [5.74, 6) is 0.930. The Morgan fingerprint density at radius 1 is 1.04 bits per heavy atom. The van der Waals surface area contributed by atoms with Crippen molar-refractivity contribution >= 4 is 17.5 Å². The summed E-state index contributed by atoms with van der Waals surface area (Å²) in [4.78, 5) is 20.7. The number of ether oxygens (including phenoxy) is 1. The minimum Gasteiger partial charge on any atom is -0.497 e. The van der Waals surface area contributed by atoms with Crippen molar-refractivity contribution in [3.8, 4) is 5.75 Å². The van der Waals surface area contributed by atoms with Crippen LogP contribution < -0.4 is 15.4 Å². The summed E-state index contributed by atoms with van der Waals surface area (Å²) in [6.45, 7) is 0.768. The van der Waals surface area contributed by atoms with Crippen LogP contribution in [0, 0.1) is 0 Å². The van der Waals surface area contributed by atoms with Gasteiger partial charge in [0.25, 0.3) is 5.91 Å². The van der Waals surface area contributed by atoms with Crippen molar-refractivity contribution in [3.63, 3.8) is 0 Å². The first-order chi connectivity index (χ1) is 13.2. The number of aromatic nitrogens is 2. The third-order valence-electron chi connectivity index (χ3n) is 4.01. The van der Waals surface area contributed by atoms with Gasteiger partial charge in [-0.1, -0.05) is 36.4 Å². The predicted octanol–water partition coefficient (Wildman–Crippen LogP) is 3.78. The number of anilines is 2. The number of amides is 1. The van der Waals surface area contributed by atoms with Crippen LogP contribution in [0.5, 0.6) is 5.75 Å². The van der Waals surface area contributed by atoms with Gasteiger partial charge in [0.1, 0.15) is 5.75 Å². The molecule has 0 fully saturated rings. The van der Waals surface area contributed by atoms with Crippen LogP contribution in [0.2, 0.25) is 0 Å². The van der Waals surface area contributed by atoms with E-state index in [4.69, 9.17) is 4.74 Å². The number of carbonyl (C=O) groups is 1. The first-order valence-electron chi connectivity index (χ1n) is 8.80. The molecule has 0 bridgehead atoms. The topological polar surface area (TPSA) is 76.1 Å². The summed E-state index contributed by atoms with van der Waals surface area (Å²) in [5.41, 5.74) is 2.36. The number of rotatable bonds is 8. The number of nitrogens with one attached hydrogen (secondary N) is 2. The van der Waals surface area contributed by atoms with E-state index in [-0.39, 0.29) is 5.91 Å². The first kappa shape index (κ1) is 18.4. The average Bonchev–Trinajstić information content (AvgIpc) is 2.72. The van der Waals surface area contributed by atoms with Gasteiger partial charge in [-0.3, -0.25) is 4.79 Å². The molecular formula is C21H22N4O2. The molecule has 0 saturated heterocycles. The van der Waals surface area contributed by atoms with E-state index in [0.29, 0.717) is 22.9 Å². The number of benzene rings is 2. The molecule has 1 aromatic heterocycles. The Balaban J connectivity index is 1.48. The lowest BCUT2D eigenvalue weighted by atomic mass is 10.1. The highest BCUT2D eigenvalue weighted by Gasteiger charge is 2.08. The minimum atomic E-state index is -0.265. The van der Waals surface area contributed by atoms with Crippen molar-refractivity contribution in [2.75, 3.05) is 24.3 Å². The molecule has 0 unspecified atom stereocenters. The van der Waals surface area contributed by atoms with E-state index in [1.54, 1.807) is 19.2 Å². The number of aryl methyl sites for hydroxylation is 1. The maximum atomic E-state index is 12.3. The molecule has 0 saturated carbocycles. The molecule has 3 rings (SSSR count). The maximum absolute atomic E-state index is 12.3. The highest BCUT2D eigenvalue weighted by atomic mass is 16.5. The number of hydrogen-bond acceptors (Lipinski definition) is 5. The molecule has 0 aliphatic rings. The third-order valence-corrected chi connectivity index (χ3v) is 4.01. The van der Waals surface area contributed by atoms with Crippen molar-refractivity contribution < 1.29 is 9.53 Å². The number of hydrogen-bond donors (Lipinski definition) is 2. The maximum Gasteiger partial charge on any atom is 0.258 e. The van der Waals surface area contributed by atoms with Crippen molar-refractivity contribution in [3.05, 3.63) is 78.1 Å². The SMILES string of the molecule is COc1cccc(NC(=O)c2cnc(NCCCc3ccccc3)nc2)c1. The van der Waals surface area contributed by atoms with Crippen LogP contribution in [0.3, 0.4) is 0 Å². The van der Waals surface area contributed by atoms with E-state index in [1.165, 1.54) is 18.0 Å². The van der Waals surface area contributed by atoms with Crippen molar-refractivity contribution in [1.82, 2.24) is 9.97 Å². The molecular weight excluding hydrogens is 340 g/mol. The standard InChI is InChI=1S/C21H22N4O2/c1-27-19-11-5-10-18(13-19)25-20(26)17-14-23-21(24-15-17)22-12-6-9-16-7-3-2-4-8-16/h2-5,7-8,10-11,13-15H,6,9,12H2,1H3,(H,25,26)(H,22,23,24). The quantitative estimate of drug-likeness (QED) is 0.597. The fraction of sp³-hybridized carbons (Fsp3) is 0.190. The fourth-order valence-corrected chi connectivity index (χ4v) is 2.58. The lowest BCUT2D eigenvalue weighted by Gasteiger charge is -2.08. The van der Waals surface area contributed by atoms with Crippen molar-refractivity contribution in [2.24, 2.45) is 0 Å². The molecule has 2 N–H and O–H groups in total. The van der Waals surface area contributed by atoms with E-state index in [0.717, 1.165) is 19.4 Å². The van der Waals surface area contributed by atoms with Crippen LogP contribution in [0.4, 0.5) is 11.6 Å². The van der Waals surface area contributed by atoms with Gasteiger partial charge in [0, 0.05) is 30.7 Å². The summed E-state index contributed by atoms with van der Waals surface area (Å²) in [6.07, 6.45) is 5.00. The summed E-state index contributed by atoms with van der Waals surface area (Å²) in [6, 6.07) is 17.5. The van der Waals surface area contributed by atoms with Gasteiger partial charge < -0.3 is 15.4 Å². The highest BCUT2D eigenvalue weighted by molar-refractivity contribution is 6.03. The third kappa shape index (κ3) is 5.54. The van der Waals surface area contributed by atoms with Crippen LogP contribution in [-0.4, -0.2) is 29.5 Å². The number of carbonyl (C=O) groups excluding carboxylic acids is 1. The van der Waals surface area contributed by atoms with E-state index in [1.807, 2.05) is 30.3 Å². The van der Waals surface area contributed by atoms with Gasteiger partial charge in [0.05, 0.1) is 12.7 Å². The number of methoxy groups -OCH3 is 1. The van der Waals surface area contributed by atoms with Crippen molar-refractivity contribution in [2.45, 2.75) is 12.8 Å². The van der Waals surface area contributed by atoms with E-state index in [2.05, 4.69) is 32.7 Å². The van der Waals surface area contributed by atoms with E-state index >= 15 is 0 Å². The lowest BCUT2D eigenvalue weighted by molar-refractivity contribution is 0.102. The van der Waals surface area contributed by atoms with Gasteiger partial charge in [-0.15, -0.1) is 0 Å². The van der Waals surface area contributed by atoms with Gasteiger partial charge in [-0.05, 0) is 30.5 Å². The largest absolute Gasteiger partial charge is 0.497 e. The molecule has 1 amide bonds. The second-order valence-electron chi connectivity index (χ2n) is 6.00. The highest BCUT2D eigenvalue weighted by Crippen LogP contribution is 2.17. The zero-order valence-corrected chi connectivity index (χ0v) is 15.2. The molecule has 0 radical (unpaired) electrons. The summed E-state index contributed by atoms with van der Waals surface area (Å²) in [7, 11) is 1.58. The van der Waals surface area contributed by atoms with Crippen LogP contribution >= 0.6 is 0 Å². The lowest BCUT2D eigenvalue weighted by Crippen LogP contribution is -2.14. The molecule has 2 aromatic carbocycles. The fourth-order valence-electron chi connectivity index (χ4n) is 2.58. The Morgan fingerprint density at radius 2 is 1.81 bits per heavy atom. The summed E-state index contributed by atoms with van der Waals surface area (Å²) in [5, 5.41) is 5.98. The van der Waals surface area contributed by atoms with E-state index < -0.39 is 0 Å². The molecule has 138 valence electrons. The second kappa shape index (κ2) is 9.33. The Morgan fingerprint density at radius 3 is 2.56 bits per heavy atom. The number of nitrogens with zero attached hydrogens (tertiary/aromatic N) is 2. The Hall–Kier alpha value is -3.41. The van der Waals surface area contributed by atoms with Crippen LogP contribution in [0.15, 0.2) is 67.0 Å². The van der Waals surface area contributed by atoms with Crippen LogP contribution in [0.25, 0.3) is 0 Å². The Kier molecular flexibility index (Phi) is 6.35. The first-order valence-corrected chi connectivity index (χ1v) is 8.80. The summed E-state index contributed by atoms with van der Waals surface area (Å²) >= 11 is 0. The molecule has 0 spiro atoms.